The summed E-state index contributed by atoms with van der Waals surface area (Å²) >= 11 is 5.50. The first-order valence-corrected chi connectivity index (χ1v) is 7.17. The summed E-state index contributed by atoms with van der Waals surface area (Å²) in [6.45, 7) is 3.72. The highest BCUT2D eigenvalue weighted by molar-refractivity contribution is 14.1. The molecule has 0 saturated carbocycles. The van der Waals surface area contributed by atoms with Crippen LogP contribution in [0.4, 0.5) is 0 Å². The predicted molar refractivity (Wildman–Crippen MR) is 73.0 cm³/mol. The van der Waals surface area contributed by atoms with Crippen LogP contribution >= 0.6 is 45.3 Å². The van der Waals surface area contributed by atoms with Crippen molar-refractivity contribution in [3.63, 3.8) is 0 Å². The maximum Gasteiger partial charge on any atom is 0.348 e. The van der Waals surface area contributed by atoms with Gasteiger partial charge < -0.3 is 4.74 Å². The molecule has 0 aromatic carbocycles. The Balaban J connectivity index is 2.29. The van der Waals surface area contributed by atoms with Gasteiger partial charge in [0, 0.05) is 5.39 Å². The number of halogens is 1. The summed E-state index contributed by atoms with van der Waals surface area (Å²) in [6.07, 6.45) is -0.0576. The molecule has 0 saturated heterocycles. The van der Waals surface area contributed by atoms with Crippen molar-refractivity contribution in [3.05, 3.63) is 19.9 Å². The topological polar surface area (TPSA) is 26.3 Å². The highest BCUT2D eigenvalue weighted by Crippen LogP contribution is 2.34. The van der Waals surface area contributed by atoms with Crippen LogP contribution < -0.4 is 0 Å². The monoisotopic (exact) mass is 352 g/mol. The van der Waals surface area contributed by atoms with Crippen molar-refractivity contribution in [1.82, 2.24) is 0 Å². The minimum Gasteiger partial charge on any atom is -0.459 e. The molecule has 0 radical (unpaired) electrons. The summed E-state index contributed by atoms with van der Waals surface area (Å²) in [5.74, 6) is -0.214. The largest absolute Gasteiger partial charge is 0.459 e. The van der Waals surface area contributed by atoms with Crippen molar-refractivity contribution in [3.8, 4) is 0 Å². The molecule has 0 spiro atoms. The number of hydrogen-bond donors (Lipinski definition) is 0. The third-order valence-electron chi connectivity index (χ3n) is 1.73. The number of ether oxygens (including phenoxy) is 1. The van der Waals surface area contributed by atoms with Gasteiger partial charge in [-0.3, -0.25) is 0 Å². The number of rotatable bonds is 2. The van der Waals surface area contributed by atoms with Gasteiger partial charge in [-0.05, 0) is 48.6 Å². The molecule has 0 amide bonds. The number of fused-ring (bicyclic) bond motifs is 1. The highest BCUT2D eigenvalue weighted by atomic mass is 127. The lowest BCUT2D eigenvalue weighted by Gasteiger charge is -2.05. The van der Waals surface area contributed by atoms with Gasteiger partial charge in [-0.25, -0.2) is 4.79 Å². The lowest BCUT2D eigenvalue weighted by atomic mass is 10.3. The molecule has 0 bridgehead atoms. The van der Waals surface area contributed by atoms with Gasteiger partial charge in [0.15, 0.2) is 0 Å². The van der Waals surface area contributed by atoms with Crippen LogP contribution in [-0.2, 0) is 4.74 Å². The van der Waals surface area contributed by atoms with E-state index in [9.17, 15) is 4.79 Å². The van der Waals surface area contributed by atoms with E-state index >= 15 is 0 Å². The molecule has 2 rings (SSSR count). The number of carbonyl (C=O) groups excluding carboxylic acids is 1. The molecule has 0 aliphatic rings. The zero-order valence-electron chi connectivity index (χ0n) is 8.24. The van der Waals surface area contributed by atoms with Gasteiger partial charge in [0.2, 0.25) is 0 Å². The summed E-state index contributed by atoms with van der Waals surface area (Å²) in [4.78, 5) is 12.3. The number of esters is 1. The van der Waals surface area contributed by atoms with Crippen LogP contribution in [0.2, 0.25) is 0 Å². The second-order valence-corrected chi connectivity index (χ2v) is 7.62. The Morgan fingerprint density at radius 3 is 2.73 bits per heavy atom. The molecule has 2 heterocycles. The van der Waals surface area contributed by atoms with Crippen LogP contribution in [0.25, 0.3) is 9.40 Å². The maximum atomic E-state index is 11.6. The summed E-state index contributed by atoms with van der Waals surface area (Å²) in [7, 11) is 0. The molecular formula is C10H9IO2S2. The molecule has 2 aromatic heterocycles. The fourth-order valence-corrected chi connectivity index (χ4v) is 4.68. The molecule has 0 N–H and O–H groups in total. The first kappa shape index (κ1) is 11.3. The molecule has 80 valence electrons. The quantitative estimate of drug-likeness (QED) is 0.600. The Labute approximate surface area is 109 Å². The maximum absolute atomic E-state index is 11.6. The molecule has 0 aliphatic carbocycles. The minimum atomic E-state index is -0.214. The molecular weight excluding hydrogens is 343 g/mol. The van der Waals surface area contributed by atoms with E-state index in [-0.39, 0.29) is 12.1 Å². The molecule has 0 aliphatic heterocycles. The summed E-state index contributed by atoms with van der Waals surface area (Å²) in [5.41, 5.74) is 0. The second kappa shape index (κ2) is 4.39. The fraction of sp³-hybridized carbons (Fsp3) is 0.300. The van der Waals surface area contributed by atoms with Gasteiger partial charge in [0.1, 0.15) is 4.88 Å². The summed E-state index contributed by atoms with van der Waals surface area (Å²) < 4.78 is 7.58. The van der Waals surface area contributed by atoms with E-state index < -0.39 is 0 Å². The van der Waals surface area contributed by atoms with Gasteiger partial charge in [0.05, 0.1) is 13.0 Å². The Morgan fingerprint density at radius 1 is 1.40 bits per heavy atom. The second-order valence-electron chi connectivity index (χ2n) is 3.36. The van der Waals surface area contributed by atoms with Crippen molar-refractivity contribution in [2.24, 2.45) is 0 Å². The lowest BCUT2D eigenvalue weighted by Crippen LogP contribution is -2.09. The lowest BCUT2D eigenvalue weighted by molar-refractivity contribution is 0.0384. The summed E-state index contributed by atoms with van der Waals surface area (Å²) in [6, 6.07) is 3.99. The molecule has 2 nitrogen and oxygen atoms in total. The Kier molecular flexibility index (Phi) is 3.32. The molecule has 0 unspecified atom stereocenters. The van der Waals surface area contributed by atoms with Gasteiger partial charge in [-0.2, -0.15) is 0 Å². The van der Waals surface area contributed by atoms with Crippen LogP contribution in [0.5, 0.6) is 0 Å². The van der Waals surface area contributed by atoms with E-state index in [4.69, 9.17) is 4.74 Å². The van der Waals surface area contributed by atoms with E-state index in [1.54, 1.807) is 11.3 Å². The standard InChI is InChI=1S/C10H9IO2S2/c1-5(2)13-9(12)7-3-6-4-8(11)15-10(6)14-7/h3-5H,1-2H3. The van der Waals surface area contributed by atoms with E-state index in [0.717, 1.165) is 5.39 Å². The van der Waals surface area contributed by atoms with Crippen LogP contribution in [0.1, 0.15) is 23.5 Å². The van der Waals surface area contributed by atoms with E-state index in [1.807, 2.05) is 19.9 Å². The SMILES string of the molecule is CC(C)OC(=O)c1cc2cc(I)sc2s1. The molecule has 15 heavy (non-hydrogen) atoms. The average molecular weight is 352 g/mol. The Hall–Kier alpha value is -0.140. The predicted octanol–water partition coefficient (Wildman–Crippen LogP) is 4.13. The molecule has 0 fully saturated rings. The summed E-state index contributed by atoms with van der Waals surface area (Å²) in [5, 5.41) is 1.14. The molecule has 5 heteroatoms. The number of carbonyl (C=O) groups is 1. The minimum absolute atomic E-state index is 0.0576. The van der Waals surface area contributed by atoms with Gasteiger partial charge in [-0.15, -0.1) is 22.7 Å². The van der Waals surface area contributed by atoms with E-state index in [1.165, 1.54) is 18.2 Å². The Bertz CT molecular complexity index is 467. The van der Waals surface area contributed by atoms with Crippen molar-refractivity contribution >= 4 is 60.6 Å². The zero-order chi connectivity index (χ0) is 11.0. The Morgan fingerprint density at radius 2 is 2.13 bits per heavy atom. The van der Waals surface area contributed by atoms with Gasteiger partial charge >= 0.3 is 5.97 Å². The zero-order valence-corrected chi connectivity index (χ0v) is 12.0. The first-order chi connectivity index (χ1) is 7.06. The van der Waals surface area contributed by atoms with Crippen molar-refractivity contribution < 1.29 is 9.53 Å². The number of hydrogen-bond acceptors (Lipinski definition) is 4. The third kappa shape index (κ3) is 2.51. The van der Waals surface area contributed by atoms with Crippen LogP contribution in [0.3, 0.4) is 0 Å². The van der Waals surface area contributed by atoms with Crippen LogP contribution in [0, 0.1) is 2.88 Å². The van der Waals surface area contributed by atoms with E-state index in [0.29, 0.717) is 4.88 Å². The van der Waals surface area contributed by atoms with Crippen molar-refractivity contribution in [2.45, 2.75) is 20.0 Å². The van der Waals surface area contributed by atoms with Crippen molar-refractivity contribution in [1.29, 1.82) is 0 Å². The van der Waals surface area contributed by atoms with Crippen LogP contribution in [-0.4, -0.2) is 12.1 Å². The number of thiophene rings is 2. The highest BCUT2D eigenvalue weighted by Gasteiger charge is 2.14. The molecule has 0 atom stereocenters. The van der Waals surface area contributed by atoms with Crippen molar-refractivity contribution in [2.75, 3.05) is 0 Å². The molecule has 2 aromatic rings. The van der Waals surface area contributed by atoms with E-state index in [2.05, 4.69) is 28.7 Å². The smallest absolute Gasteiger partial charge is 0.348 e. The van der Waals surface area contributed by atoms with Crippen LogP contribution in [0.15, 0.2) is 12.1 Å². The third-order valence-corrected chi connectivity index (χ3v) is 4.86. The van der Waals surface area contributed by atoms with Gasteiger partial charge in [0.25, 0.3) is 0 Å². The van der Waals surface area contributed by atoms with Gasteiger partial charge in [-0.1, -0.05) is 0 Å². The fourth-order valence-electron chi connectivity index (χ4n) is 1.18. The average Bonchev–Trinajstić information content (AvgIpc) is 2.58. The normalized spacial score (nSPS) is 11.2. The first-order valence-electron chi connectivity index (χ1n) is 4.46.